The second-order valence-electron chi connectivity index (χ2n) is 8.01. The quantitative estimate of drug-likeness (QED) is 0.320. The Morgan fingerprint density at radius 2 is 1.33 bits per heavy atom. The van der Waals surface area contributed by atoms with Gasteiger partial charge in [0.2, 0.25) is 10.0 Å². The minimum atomic E-state index is -3.86. The third-order valence-corrected chi connectivity index (χ3v) is 6.83. The number of anilines is 1. The van der Waals surface area contributed by atoms with Crippen molar-refractivity contribution in [1.29, 1.82) is 0 Å². The number of hydrogen-bond acceptors (Lipinski definition) is 4. The fourth-order valence-corrected chi connectivity index (χ4v) is 4.62. The molecule has 36 heavy (non-hydrogen) atoms. The zero-order valence-electron chi connectivity index (χ0n) is 19.3. The largest absolute Gasteiger partial charge is 0.336 e. The lowest BCUT2D eigenvalue weighted by Gasteiger charge is -2.19. The highest BCUT2D eigenvalue weighted by Crippen LogP contribution is 2.18. The van der Waals surface area contributed by atoms with E-state index in [2.05, 4.69) is 15.4 Å². The highest BCUT2D eigenvalue weighted by Gasteiger charge is 2.24. The molecule has 182 valence electrons. The van der Waals surface area contributed by atoms with Gasteiger partial charge in [-0.1, -0.05) is 84.9 Å². The van der Waals surface area contributed by atoms with Crippen LogP contribution in [0.15, 0.2) is 120 Å². The molecule has 0 saturated carbocycles. The molecule has 3 N–H and O–H groups in total. The monoisotopic (exact) mass is 499 g/mol. The lowest BCUT2D eigenvalue weighted by atomic mass is 10.1. The fourth-order valence-electron chi connectivity index (χ4n) is 3.56. The number of amides is 2. The van der Waals surface area contributed by atoms with E-state index in [0.29, 0.717) is 11.3 Å². The number of sulfonamides is 1. The molecule has 0 radical (unpaired) electrons. The van der Waals surface area contributed by atoms with Crippen LogP contribution in [0.3, 0.4) is 0 Å². The van der Waals surface area contributed by atoms with Crippen LogP contribution in [0.1, 0.15) is 27.5 Å². The highest BCUT2D eigenvalue weighted by molar-refractivity contribution is 7.89. The van der Waals surface area contributed by atoms with E-state index < -0.39 is 27.9 Å². The number of benzene rings is 4. The van der Waals surface area contributed by atoms with Gasteiger partial charge in [-0.2, -0.15) is 0 Å². The van der Waals surface area contributed by atoms with Gasteiger partial charge < -0.3 is 10.6 Å². The van der Waals surface area contributed by atoms with Gasteiger partial charge in [-0.3, -0.25) is 9.59 Å². The van der Waals surface area contributed by atoms with Crippen LogP contribution < -0.4 is 15.4 Å². The molecule has 0 fully saturated rings. The SMILES string of the molecule is O=C(NC(C(=O)Nc1ccccc1)c1ccccc1)c1cccc(S(=O)(=O)NCc2ccccc2)c1. The number of para-hydroxylation sites is 1. The number of hydrogen-bond donors (Lipinski definition) is 3. The molecule has 1 atom stereocenters. The van der Waals surface area contributed by atoms with Crippen LogP contribution in [0.4, 0.5) is 5.69 Å². The molecule has 0 heterocycles. The summed E-state index contributed by atoms with van der Waals surface area (Å²) in [5.41, 5.74) is 2.11. The lowest BCUT2D eigenvalue weighted by Crippen LogP contribution is -2.37. The van der Waals surface area contributed by atoms with Crippen LogP contribution in [-0.2, 0) is 21.4 Å². The van der Waals surface area contributed by atoms with E-state index in [1.54, 1.807) is 48.5 Å². The predicted octanol–water partition coefficient (Wildman–Crippen LogP) is 4.27. The Hall–Kier alpha value is -4.27. The van der Waals surface area contributed by atoms with Crippen LogP contribution in [-0.4, -0.2) is 20.2 Å². The molecule has 4 rings (SSSR count). The van der Waals surface area contributed by atoms with Crippen molar-refractivity contribution < 1.29 is 18.0 Å². The van der Waals surface area contributed by atoms with Crippen LogP contribution in [0.2, 0.25) is 0 Å². The highest BCUT2D eigenvalue weighted by atomic mass is 32.2. The molecule has 7 nitrogen and oxygen atoms in total. The van der Waals surface area contributed by atoms with E-state index >= 15 is 0 Å². The summed E-state index contributed by atoms with van der Waals surface area (Å²) in [6, 6.07) is 31.6. The molecule has 0 bridgehead atoms. The van der Waals surface area contributed by atoms with E-state index in [9.17, 15) is 18.0 Å². The van der Waals surface area contributed by atoms with E-state index in [0.717, 1.165) is 5.56 Å². The van der Waals surface area contributed by atoms with Crippen LogP contribution in [0.5, 0.6) is 0 Å². The van der Waals surface area contributed by atoms with E-state index in [1.165, 1.54) is 24.3 Å². The maximum absolute atomic E-state index is 13.1. The van der Waals surface area contributed by atoms with Gasteiger partial charge in [0.05, 0.1) is 4.90 Å². The van der Waals surface area contributed by atoms with E-state index in [4.69, 9.17) is 0 Å². The first-order chi connectivity index (χ1) is 17.4. The second kappa shape index (κ2) is 11.4. The first kappa shape index (κ1) is 24.8. The Labute approximate surface area is 210 Å². The summed E-state index contributed by atoms with van der Waals surface area (Å²) in [4.78, 5) is 26.2. The topological polar surface area (TPSA) is 104 Å². The molecule has 4 aromatic carbocycles. The summed E-state index contributed by atoms with van der Waals surface area (Å²) in [6.07, 6.45) is 0. The maximum atomic E-state index is 13.1. The van der Waals surface area contributed by atoms with Crippen molar-refractivity contribution in [3.63, 3.8) is 0 Å². The van der Waals surface area contributed by atoms with Crippen molar-refractivity contribution in [1.82, 2.24) is 10.0 Å². The van der Waals surface area contributed by atoms with Crippen molar-refractivity contribution in [2.45, 2.75) is 17.5 Å². The number of nitrogens with one attached hydrogen (secondary N) is 3. The van der Waals surface area contributed by atoms with Gasteiger partial charge in [-0.15, -0.1) is 0 Å². The van der Waals surface area contributed by atoms with Gasteiger partial charge >= 0.3 is 0 Å². The predicted molar refractivity (Wildman–Crippen MR) is 139 cm³/mol. The number of rotatable bonds is 9. The van der Waals surface area contributed by atoms with Gasteiger partial charge in [-0.25, -0.2) is 13.1 Å². The van der Waals surface area contributed by atoms with Crippen molar-refractivity contribution in [2.75, 3.05) is 5.32 Å². The molecule has 0 saturated heterocycles. The van der Waals surface area contributed by atoms with Crippen molar-refractivity contribution in [3.8, 4) is 0 Å². The fraction of sp³-hybridized carbons (Fsp3) is 0.0714. The molecule has 4 aromatic rings. The van der Waals surface area contributed by atoms with Crippen molar-refractivity contribution in [2.24, 2.45) is 0 Å². The number of carbonyl (C=O) groups is 2. The standard InChI is InChI=1S/C28H25N3O4S/c32-27(23-15-10-18-25(19-23)36(34,35)29-20-21-11-4-1-5-12-21)31-26(22-13-6-2-7-14-22)28(33)30-24-16-8-3-9-17-24/h1-19,26,29H,20H2,(H,30,33)(H,31,32). The zero-order valence-corrected chi connectivity index (χ0v) is 20.1. The Morgan fingerprint density at radius 1 is 0.722 bits per heavy atom. The summed E-state index contributed by atoms with van der Waals surface area (Å²) in [6.45, 7) is 0.120. The summed E-state index contributed by atoms with van der Waals surface area (Å²) >= 11 is 0. The molecular weight excluding hydrogens is 474 g/mol. The van der Waals surface area contributed by atoms with Crippen molar-refractivity contribution in [3.05, 3.63) is 132 Å². The lowest BCUT2D eigenvalue weighted by molar-refractivity contribution is -0.118. The van der Waals surface area contributed by atoms with Crippen LogP contribution in [0.25, 0.3) is 0 Å². The Bertz CT molecular complexity index is 1430. The minimum Gasteiger partial charge on any atom is -0.336 e. The molecule has 1 unspecified atom stereocenters. The van der Waals surface area contributed by atoms with Gasteiger partial charge in [0.1, 0.15) is 6.04 Å². The molecule has 0 aliphatic heterocycles. The summed E-state index contributed by atoms with van der Waals surface area (Å²) in [7, 11) is -3.86. The zero-order chi connectivity index (χ0) is 25.4. The Balaban J connectivity index is 1.52. The van der Waals surface area contributed by atoms with Crippen molar-refractivity contribution >= 4 is 27.5 Å². The van der Waals surface area contributed by atoms with Crippen LogP contribution >= 0.6 is 0 Å². The van der Waals surface area contributed by atoms with Gasteiger partial charge in [0, 0.05) is 17.8 Å². The molecule has 0 aliphatic carbocycles. The molecule has 0 spiro atoms. The first-order valence-corrected chi connectivity index (χ1v) is 12.8. The summed E-state index contributed by atoms with van der Waals surface area (Å²) in [5, 5.41) is 5.55. The smallest absolute Gasteiger partial charge is 0.252 e. The van der Waals surface area contributed by atoms with Crippen LogP contribution in [0, 0.1) is 0 Å². The van der Waals surface area contributed by atoms with E-state index in [1.807, 2.05) is 42.5 Å². The Morgan fingerprint density at radius 3 is 2.00 bits per heavy atom. The average Bonchev–Trinajstić information content (AvgIpc) is 2.92. The Kier molecular flexibility index (Phi) is 7.89. The summed E-state index contributed by atoms with van der Waals surface area (Å²) < 4.78 is 28.2. The van der Waals surface area contributed by atoms with E-state index in [-0.39, 0.29) is 17.0 Å². The molecule has 0 aliphatic rings. The summed E-state index contributed by atoms with van der Waals surface area (Å²) in [5.74, 6) is -0.999. The second-order valence-corrected chi connectivity index (χ2v) is 9.78. The third-order valence-electron chi connectivity index (χ3n) is 5.43. The van der Waals surface area contributed by atoms with Gasteiger partial charge in [-0.05, 0) is 41.5 Å². The third kappa shape index (κ3) is 6.44. The minimum absolute atomic E-state index is 0.0453. The molecule has 8 heteroatoms. The average molecular weight is 500 g/mol. The van der Waals surface area contributed by atoms with Gasteiger partial charge in [0.15, 0.2) is 0 Å². The van der Waals surface area contributed by atoms with Gasteiger partial charge in [0.25, 0.3) is 11.8 Å². The first-order valence-electron chi connectivity index (χ1n) is 11.3. The molecule has 2 amide bonds. The maximum Gasteiger partial charge on any atom is 0.252 e. The molecule has 0 aromatic heterocycles. The normalized spacial score (nSPS) is 11.9. The molecular formula is C28H25N3O4S. The number of carbonyl (C=O) groups excluding carboxylic acids is 2.